The van der Waals surface area contributed by atoms with E-state index in [2.05, 4.69) is 15.3 Å². The number of benzene rings is 2. The van der Waals surface area contributed by atoms with Crippen molar-refractivity contribution in [2.45, 2.75) is 50.1 Å². The molecule has 3 heterocycles. The highest BCUT2D eigenvalue weighted by atomic mass is 35.5. The zero-order chi connectivity index (χ0) is 27.7. The van der Waals surface area contributed by atoms with Crippen LogP contribution in [0.2, 0.25) is 5.02 Å². The Balaban J connectivity index is 1.52. The first-order valence-corrected chi connectivity index (χ1v) is 12.9. The molecule has 0 bridgehead atoms. The largest absolute Gasteiger partial charge is 0.387 e. The topological polar surface area (TPSA) is 111 Å². The van der Waals surface area contributed by atoms with Crippen molar-refractivity contribution in [3.63, 3.8) is 0 Å². The number of aliphatic hydroxyl groups is 1. The van der Waals surface area contributed by atoms with E-state index in [1.54, 1.807) is 38.2 Å². The maximum Gasteiger partial charge on any atom is 0.279 e. The zero-order valence-electron chi connectivity index (χ0n) is 21.6. The first kappa shape index (κ1) is 27.4. The monoisotopic (exact) mass is 557 g/mol. The molecule has 12 heteroatoms. The van der Waals surface area contributed by atoms with E-state index in [0.717, 1.165) is 5.56 Å². The molecule has 1 N–H and O–H groups in total. The summed E-state index contributed by atoms with van der Waals surface area (Å²) in [7, 11) is 3.53. The molecule has 1 aromatic heterocycles. The summed E-state index contributed by atoms with van der Waals surface area (Å²) in [6.45, 7) is 1.99. The first-order chi connectivity index (χ1) is 18.7. The SMILES string of the molecule is C/C(=N\C(=O)[C@@H]1O[C@@H]2CCOC(c3ccccc3)O[C@@H]2[C@H](n2cc(-c3ccc(Cl)c(F)c3)nn2)[C@H]1O)N(C)C. The van der Waals surface area contributed by atoms with E-state index in [4.69, 9.17) is 25.8 Å². The van der Waals surface area contributed by atoms with Gasteiger partial charge < -0.3 is 24.2 Å². The lowest BCUT2D eigenvalue weighted by Gasteiger charge is -2.43. The fourth-order valence-corrected chi connectivity index (χ4v) is 4.76. The number of aromatic nitrogens is 3. The summed E-state index contributed by atoms with van der Waals surface area (Å²) in [5.74, 6) is -0.751. The Morgan fingerprint density at radius 1 is 1.21 bits per heavy atom. The van der Waals surface area contributed by atoms with Crippen LogP contribution < -0.4 is 0 Å². The number of carbonyl (C=O) groups excluding carboxylic acids is 1. The summed E-state index contributed by atoms with van der Waals surface area (Å²) in [5.41, 5.74) is 1.61. The van der Waals surface area contributed by atoms with Crippen LogP contribution in [0.4, 0.5) is 4.39 Å². The second-order valence-corrected chi connectivity index (χ2v) is 10.1. The molecule has 2 aromatic carbocycles. The van der Waals surface area contributed by atoms with Gasteiger partial charge in [-0.1, -0.05) is 53.2 Å². The van der Waals surface area contributed by atoms with Crippen LogP contribution in [0.1, 0.15) is 31.2 Å². The third kappa shape index (κ3) is 5.73. The molecule has 5 rings (SSSR count). The van der Waals surface area contributed by atoms with Gasteiger partial charge in [-0.3, -0.25) is 4.79 Å². The number of aliphatic imine (C=N–C) groups is 1. The summed E-state index contributed by atoms with van der Waals surface area (Å²) in [4.78, 5) is 19.0. The molecule has 0 radical (unpaired) electrons. The van der Waals surface area contributed by atoms with Crippen LogP contribution in [0, 0.1) is 5.82 Å². The van der Waals surface area contributed by atoms with Gasteiger partial charge in [0.2, 0.25) is 0 Å². The Hall–Kier alpha value is -3.22. The molecular formula is C27H29ClFN5O5. The lowest BCUT2D eigenvalue weighted by molar-refractivity contribution is -0.238. The molecule has 10 nitrogen and oxygen atoms in total. The number of hydrogen-bond acceptors (Lipinski definition) is 7. The summed E-state index contributed by atoms with van der Waals surface area (Å²) < 4.78 is 34.1. The number of halogens is 2. The fraction of sp³-hybridized carbons (Fsp3) is 0.407. The van der Waals surface area contributed by atoms with Gasteiger partial charge in [0.15, 0.2) is 12.4 Å². The van der Waals surface area contributed by atoms with Crippen LogP contribution in [0.25, 0.3) is 11.3 Å². The van der Waals surface area contributed by atoms with Crippen LogP contribution in [-0.2, 0) is 19.0 Å². The Morgan fingerprint density at radius 3 is 2.69 bits per heavy atom. The second kappa shape index (κ2) is 11.5. The molecule has 2 aliphatic rings. The minimum atomic E-state index is -1.39. The predicted octanol–water partition coefficient (Wildman–Crippen LogP) is 3.42. The second-order valence-electron chi connectivity index (χ2n) is 9.68. The van der Waals surface area contributed by atoms with Gasteiger partial charge in [-0.25, -0.2) is 9.07 Å². The maximum absolute atomic E-state index is 14.1. The summed E-state index contributed by atoms with van der Waals surface area (Å²) >= 11 is 5.83. The van der Waals surface area contributed by atoms with Gasteiger partial charge in [-0.2, -0.15) is 4.99 Å². The summed E-state index contributed by atoms with van der Waals surface area (Å²) in [6, 6.07) is 12.8. The van der Waals surface area contributed by atoms with Crippen molar-refractivity contribution in [1.82, 2.24) is 19.9 Å². The Kier molecular flexibility index (Phi) is 8.06. The molecule has 2 aliphatic heterocycles. The van der Waals surface area contributed by atoms with Gasteiger partial charge in [0.25, 0.3) is 5.91 Å². The number of aliphatic hydroxyl groups excluding tert-OH is 1. The standard InChI is InChI=1S/C27H29ClFN5O5/c1-15(33(2)3)30-26(36)25-23(35)22(34-14-20(31-32-34)17-9-10-18(28)19(29)13-17)24-21(38-25)11-12-37-27(39-24)16-7-5-4-6-8-16/h4-10,13-14,21-25,27,35H,11-12H2,1-3H3/b30-15+/t21-,22-,23-,24+,25-,27?/m1/s1. The number of rotatable bonds is 4. The molecule has 0 saturated carbocycles. The van der Waals surface area contributed by atoms with Crippen LogP contribution in [0.15, 0.2) is 59.7 Å². The van der Waals surface area contributed by atoms with Crippen LogP contribution >= 0.6 is 11.6 Å². The van der Waals surface area contributed by atoms with Crippen molar-refractivity contribution >= 4 is 23.3 Å². The van der Waals surface area contributed by atoms with E-state index < -0.39 is 48.5 Å². The third-order valence-corrected chi connectivity index (χ3v) is 7.21. The number of ether oxygens (including phenoxy) is 3. The number of hydrogen-bond donors (Lipinski definition) is 1. The Labute approximate surface area is 229 Å². The minimum absolute atomic E-state index is 0.0115. The lowest BCUT2D eigenvalue weighted by atomic mass is 9.90. The molecule has 206 valence electrons. The lowest BCUT2D eigenvalue weighted by Crippen LogP contribution is -2.57. The number of carbonyl (C=O) groups is 1. The summed E-state index contributed by atoms with van der Waals surface area (Å²) in [5, 5.41) is 20.0. The smallest absolute Gasteiger partial charge is 0.279 e. The molecule has 1 amide bonds. The number of amidine groups is 1. The Bertz CT molecular complexity index is 1350. The number of amides is 1. The molecule has 2 saturated heterocycles. The van der Waals surface area contributed by atoms with Gasteiger partial charge in [-0.15, -0.1) is 5.10 Å². The van der Waals surface area contributed by atoms with Gasteiger partial charge in [-0.05, 0) is 25.5 Å². The van der Waals surface area contributed by atoms with Gasteiger partial charge >= 0.3 is 0 Å². The van der Waals surface area contributed by atoms with Crippen molar-refractivity contribution in [1.29, 1.82) is 0 Å². The predicted molar refractivity (Wildman–Crippen MR) is 141 cm³/mol. The summed E-state index contributed by atoms with van der Waals surface area (Å²) in [6.07, 6.45) is -2.78. The van der Waals surface area contributed by atoms with Crippen molar-refractivity contribution in [2.24, 2.45) is 4.99 Å². The van der Waals surface area contributed by atoms with Crippen LogP contribution in [-0.4, -0.2) is 81.9 Å². The van der Waals surface area contributed by atoms with Crippen LogP contribution in [0.3, 0.4) is 0 Å². The first-order valence-electron chi connectivity index (χ1n) is 12.5. The van der Waals surface area contributed by atoms with Crippen LogP contribution in [0.5, 0.6) is 0 Å². The highest BCUT2D eigenvalue weighted by Crippen LogP contribution is 2.39. The average molecular weight is 558 g/mol. The van der Waals surface area contributed by atoms with E-state index in [-0.39, 0.29) is 5.02 Å². The van der Waals surface area contributed by atoms with Crippen molar-refractivity contribution in [3.05, 3.63) is 71.1 Å². The van der Waals surface area contributed by atoms with E-state index in [1.807, 2.05) is 30.3 Å². The number of fused-ring (bicyclic) bond motifs is 1. The van der Waals surface area contributed by atoms with Gasteiger partial charge in [0, 0.05) is 25.2 Å². The van der Waals surface area contributed by atoms with Crippen molar-refractivity contribution in [2.75, 3.05) is 20.7 Å². The molecule has 0 spiro atoms. The molecule has 1 unspecified atom stereocenters. The van der Waals surface area contributed by atoms with E-state index in [1.165, 1.54) is 16.8 Å². The quantitative estimate of drug-likeness (QED) is 0.384. The molecular weight excluding hydrogens is 529 g/mol. The highest BCUT2D eigenvalue weighted by molar-refractivity contribution is 6.30. The van der Waals surface area contributed by atoms with Gasteiger partial charge in [0.1, 0.15) is 35.6 Å². The maximum atomic E-state index is 14.1. The average Bonchev–Trinajstić information content (AvgIpc) is 3.30. The van der Waals surface area contributed by atoms with E-state index in [0.29, 0.717) is 30.1 Å². The fourth-order valence-electron chi connectivity index (χ4n) is 4.64. The van der Waals surface area contributed by atoms with E-state index in [9.17, 15) is 14.3 Å². The minimum Gasteiger partial charge on any atom is -0.387 e. The van der Waals surface area contributed by atoms with Crippen molar-refractivity contribution < 1.29 is 28.5 Å². The van der Waals surface area contributed by atoms with Gasteiger partial charge in [0.05, 0.1) is 23.9 Å². The molecule has 6 atom stereocenters. The molecule has 39 heavy (non-hydrogen) atoms. The molecule has 0 aliphatic carbocycles. The Morgan fingerprint density at radius 2 is 1.97 bits per heavy atom. The van der Waals surface area contributed by atoms with E-state index >= 15 is 0 Å². The third-order valence-electron chi connectivity index (χ3n) is 6.90. The normalized spacial score (nSPS) is 27.5. The highest BCUT2D eigenvalue weighted by Gasteiger charge is 2.51. The molecule has 3 aromatic rings. The molecule has 2 fully saturated rings. The van der Waals surface area contributed by atoms with Crippen molar-refractivity contribution in [3.8, 4) is 11.3 Å². The zero-order valence-corrected chi connectivity index (χ0v) is 22.4. The number of nitrogens with zero attached hydrogens (tertiary/aromatic N) is 5.